The highest BCUT2D eigenvalue weighted by Crippen LogP contribution is 2.34. The Hall–Kier alpha value is -1.96. The summed E-state index contributed by atoms with van der Waals surface area (Å²) in [6.07, 6.45) is 1.91. The number of carbonyl (C=O) groups excluding carboxylic acids is 1. The van der Waals surface area contributed by atoms with Crippen molar-refractivity contribution in [3.8, 4) is 0 Å². The molecule has 0 radical (unpaired) electrons. The Morgan fingerprint density at radius 1 is 1.55 bits per heavy atom. The second-order valence-corrected chi connectivity index (χ2v) is 6.08. The predicted molar refractivity (Wildman–Crippen MR) is 82.1 cm³/mol. The van der Waals surface area contributed by atoms with Gasteiger partial charge in [-0.15, -0.1) is 5.10 Å². The Kier molecular flexibility index (Phi) is 5.48. The van der Waals surface area contributed by atoms with Crippen LogP contribution in [0.1, 0.15) is 48.3 Å². The number of ether oxygens (including phenoxy) is 1. The van der Waals surface area contributed by atoms with E-state index in [4.69, 9.17) is 4.42 Å². The molecule has 0 aliphatic heterocycles. The highest BCUT2D eigenvalue weighted by atomic mass is 32.2. The minimum Gasteiger partial charge on any atom is -0.463 e. The van der Waals surface area contributed by atoms with Gasteiger partial charge in [-0.1, -0.05) is 25.1 Å². The molecule has 0 spiro atoms. The number of hydrogen-bond donors (Lipinski definition) is 1. The Morgan fingerprint density at radius 2 is 2.32 bits per heavy atom. The summed E-state index contributed by atoms with van der Waals surface area (Å²) in [5, 5.41) is 7.04. The van der Waals surface area contributed by atoms with Crippen molar-refractivity contribution in [1.82, 2.24) is 14.8 Å². The van der Waals surface area contributed by atoms with E-state index in [-0.39, 0.29) is 16.7 Å². The normalized spacial score (nSPS) is 12.3. The Morgan fingerprint density at radius 3 is 3.00 bits per heavy atom. The number of esters is 1. The van der Waals surface area contributed by atoms with Gasteiger partial charge in [-0.05, 0) is 25.5 Å². The van der Waals surface area contributed by atoms with Gasteiger partial charge in [0.15, 0.2) is 5.16 Å². The molecule has 1 N–H and O–H groups in total. The first-order chi connectivity index (χ1) is 10.6. The van der Waals surface area contributed by atoms with Crippen molar-refractivity contribution in [2.75, 3.05) is 7.11 Å². The molecular formula is C14H19N3O4S. The number of hydrogen-bond acceptors (Lipinski definition) is 6. The van der Waals surface area contributed by atoms with Crippen LogP contribution < -0.4 is 5.69 Å². The minimum absolute atomic E-state index is 0.0889. The van der Waals surface area contributed by atoms with Gasteiger partial charge < -0.3 is 9.15 Å². The highest BCUT2D eigenvalue weighted by Gasteiger charge is 2.19. The van der Waals surface area contributed by atoms with Gasteiger partial charge >= 0.3 is 11.7 Å². The van der Waals surface area contributed by atoms with Gasteiger partial charge in [0.1, 0.15) is 5.76 Å². The van der Waals surface area contributed by atoms with Crippen LogP contribution in [0.3, 0.4) is 0 Å². The second kappa shape index (κ2) is 7.35. The zero-order chi connectivity index (χ0) is 16.1. The van der Waals surface area contributed by atoms with Crippen LogP contribution in [0, 0.1) is 0 Å². The van der Waals surface area contributed by atoms with Crippen LogP contribution in [0.15, 0.2) is 26.5 Å². The Bertz CT molecular complexity index is 688. The number of unbranched alkanes of at least 4 members (excludes halogenated alkanes) is 1. The van der Waals surface area contributed by atoms with E-state index in [0.29, 0.717) is 17.5 Å². The van der Waals surface area contributed by atoms with E-state index in [2.05, 4.69) is 21.9 Å². The number of thioether (sulfide) groups is 1. The van der Waals surface area contributed by atoms with Crippen molar-refractivity contribution in [3.05, 3.63) is 34.1 Å². The first-order valence-corrected chi connectivity index (χ1v) is 7.94. The molecule has 0 saturated heterocycles. The first kappa shape index (κ1) is 16.4. The van der Waals surface area contributed by atoms with E-state index >= 15 is 0 Å². The number of aromatic amines is 1. The van der Waals surface area contributed by atoms with Gasteiger partial charge in [0, 0.05) is 6.54 Å². The number of aromatic nitrogens is 3. The Labute approximate surface area is 132 Å². The molecule has 2 aromatic heterocycles. The highest BCUT2D eigenvalue weighted by molar-refractivity contribution is 7.99. The molecule has 0 aliphatic carbocycles. The van der Waals surface area contributed by atoms with Crippen LogP contribution in [0.25, 0.3) is 0 Å². The molecule has 0 aliphatic rings. The number of nitrogens with one attached hydrogen (secondary N) is 1. The van der Waals surface area contributed by atoms with Crippen LogP contribution in [0.5, 0.6) is 0 Å². The molecule has 0 amide bonds. The second-order valence-electron chi connectivity index (χ2n) is 4.77. The van der Waals surface area contributed by atoms with Crippen LogP contribution in [0.2, 0.25) is 0 Å². The van der Waals surface area contributed by atoms with Gasteiger partial charge in [0.05, 0.1) is 12.4 Å². The lowest BCUT2D eigenvalue weighted by Crippen LogP contribution is -2.17. The van der Waals surface area contributed by atoms with Gasteiger partial charge in [0.2, 0.25) is 5.76 Å². The summed E-state index contributed by atoms with van der Waals surface area (Å²) in [5.74, 6) is 0.279. The topological polar surface area (TPSA) is 90.1 Å². The molecular weight excluding hydrogens is 306 g/mol. The van der Waals surface area contributed by atoms with Crippen molar-refractivity contribution in [2.24, 2.45) is 0 Å². The van der Waals surface area contributed by atoms with Gasteiger partial charge in [0.25, 0.3) is 0 Å². The van der Waals surface area contributed by atoms with E-state index in [0.717, 1.165) is 12.8 Å². The molecule has 120 valence electrons. The van der Waals surface area contributed by atoms with Crippen LogP contribution in [-0.4, -0.2) is 27.8 Å². The van der Waals surface area contributed by atoms with Crippen molar-refractivity contribution >= 4 is 17.7 Å². The SMILES string of the molecule is CCCCn1c(SC(C)c2ccc(C(=O)OC)o2)n[nH]c1=O. The third-order valence-electron chi connectivity index (χ3n) is 3.15. The fraction of sp³-hybridized carbons (Fsp3) is 0.500. The van der Waals surface area contributed by atoms with E-state index in [9.17, 15) is 9.59 Å². The third kappa shape index (κ3) is 3.62. The lowest BCUT2D eigenvalue weighted by molar-refractivity contribution is 0.0563. The Balaban J connectivity index is 2.12. The molecule has 0 aromatic carbocycles. The summed E-state index contributed by atoms with van der Waals surface area (Å²) in [4.78, 5) is 23.1. The smallest absolute Gasteiger partial charge is 0.373 e. The number of carbonyl (C=O) groups is 1. The average molecular weight is 325 g/mol. The van der Waals surface area contributed by atoms with Crippen molar-refractivity contribution in [2.45, 2.75) is 43.6 Å². The lowest BCUT2D eigenvalue weighted by Gasteiger charge is -2.09. The van der Waals surface area contributed by atoms with Crippen LogP contribution in [-0.2, 0) is 11.3 Å². The fourth-order valence-corrected chi connectivity index (χ4v) is 2.86. The van der Waals surface area contributed by atoms with Gasteiger partial charge in [-0.3, -0.25) is 4.57 Å². The molecule has 7 nitrogen and oxygen atoms in total. The summed E-state index contributed by atoms with van der Waals surface area (Å²) >= 11 is 1.40. The molecule has 1 unspecified atom stereocenters. The van der Waals surface area contributed by atoms with E-state index < -0.39 is 5.97 Å². The largest absolute Gasteiger partial charge is 0.463 e. The maximum absolute atomic E-state index is 11.7. The number of furan rings is 1. The summed E-state index contributed by atoms with van der Waals surface area (Å²) < 4.78 is 11.7. The molecule has 0 bridgehead atoms. The van der Waals surface area contributed by atoms with E-state index in [1.807, 2.05) is 6.92 Å². The van der Waals surface area contributed by atoms with Crippen molar-refractivity contribution in [3.63, 3.8) is 0 Å². The van der Waals surface area contributed by atoms with E-state index in [1.54, 1.807) is 16.7 Å². The molecule has 2 aromatic rings. The molecule has 1 atom stereocenters. The maximum atomic E-state index is 11.7. The molecule has 0 fully saturated rings. The molecule has 8 heteroatoms. The van der Waals surface area contributed by atoms with Gasteiger partial charge in [-0.25, -0.2) is 14.7 Å². The first-order valence-electron chi connectivity index (χ1n) is 7.06. The standard InChI is InChI=1S/C14H19N3O4S/c1-4-5-8-17-13(19)15-16-14(17)22-9(2)10-6-7-11(21-10)12(18)20-3/h6-7,9H,4-5,8H2,1-3H3,(H,15,19). The molecule has 22 heavy (non-hydrogen) atoms. The number of H-pyrrole nitrogens is 1. The van der Waals surface area contributed by atoms with Crippen LogP contribution >= 0.6 is 11.8 Å². The van der Waals surface area contributed by atoms with Crippen LogP contribution in [0.4, 0.5) is 0 Å². The lowest BCUT2D eigenvalue weighted by atomic mass is 10.3. The summed E-state index contributed by atoms with van der Waals surface area (Å²) in [6.45, 7) is 4.62. The van der Waals surface area contributed by atoms with E-state index in [1.165, 1.54) is 18.9 Å². The van der Waals surface area contributed by atoms with Crippen molar-refractivity contribution in [1.29, 1.82) is 0 Å². The zero-order valence-electron chi connectivity index (χ0n) is 12.8. The molecule has 2 rings (SSSR count). The molecule has 0 saturated carbocycles. The summed E-state index contributed by atoms with van der Waals surface area (Å²) in [6, 6.07) is 3.30. The number of rotatable bonds is 7. The number of nitrogens with zero attached hydrogens (tertiary/aromatic N) is 2. The quantitative estimate of drug-likeness (QED) is 0.621. The average Bonchev–Trinajstić information content (AvgIpc) is 3.13. The monoisotopic (exact) mass is 325 g/mol. The minimum atomic E-state index is -0.511. The molecule has 2 heterocycles. The van der Waals surface area contributed by atoms with Crippen molar-refractivity contribution < 1.29 is 13.9 Å². The van der Waals surface area contributed by atoms with Gasteiger partial charge in [-0.2, -0.15) is 0 Å². The maximum Gasteiger partial charge on any atom is 0.373 e. The predicted octanol–water partition coefficient (Wildman–Crippen LogP) is 2.60. The number of methoxy groups -OCH3 is 1. The summed E-state index contributed by atoms with van der Waals surface area (Å²) in [7, 11) is 1.30. The third-order valence-corrected chi connectivity index (χ3v) is 4.26. The summed E-state index contributed by atoms with van der Waals surface area (Å²) in [5.41, 5.74) is -0.210. The zero-order valence-corrected chi connectivity index (χ0v) is 13.6. The fourth-order valence-electron chi connectivity index (χ4n) is 1.90.